The Labute approximate surface area is 140 Å². The van der Waals surface area contributed by atoms with Gasteiger partial charge in [0.05, 0.1) is 0 Å². The normalized spacial score (nSPS) is 15.4. The summed E-state index contributed by atoms with van der Waals surface area (Å²) >= 11 is 0. The SMILES string of the molecule is C=N/C(=C\C=C(/C)C(N)=O)CC1=C(C)C(=O)c2ccccc2C1=O. The summed E-state index contributed by atoms with van der Waals surface area (Å²) in [6.45, 7) is 6.69. The van der Waals surface area contributed by atoms with E-state index in [1.54, 1.807) is 44.2 Å². The zero-order valence-corrected chi connectivity index (χ0v) is 13.6. The molecule has 2 rings (SSSR count). The molecule has 0 heterocycles. The van der Waals surface area contributed by atoms with Crippen LogP contribution in [0.3, 0.4) is 0 Å². The van der Waals surface area contributed by atoms with Crippen molar-refractivity contribution in [2.24, 2.45) is 10.7 Å². The van der Waals surface area contributed by atoms with Crippen molar-refractivity contribution in [3.63, 3.8) is 0 Å². The molecule has 1 aromatic rings. The van der Waals surface area contributed by atoms with E-state index in [1.807, 2.05) is 0 Å². The van der Waals surface area contributed by atoms with Gasteiger partial charge in [0.2, 0.25) is 5.91 Å². The summed E-state index contributed by atoms with van der Waals surface area (Å²) in [4.78, 5) is 40.1. The molecular formula is C19H18N2O3. The molecule has 24 heavy (non-hydrogen) atoms. The highest BCUT2D eigenvalue weighted by atomic mass is 16.1. The number of aliphatic imine (C=N–C) groups is 1. The molecule has 0 atom stereocenters. The molecule has 0 spiro atoms. The third-order valence-electron chi connectivity index (χ3n) is 3.96. The molecule has 1 aliphatic carbocycles. The van der Waals surface area contributed by atoms with Gasteiger partial charge in [0.15, 0.2) is 11.6 Å². The van der Waals surface area contributed by atoms with Gasteiger partial charge in [-0.05, 0) is 26.6 Å². The first-order chi connectivity index (χ1) is 11.4. The molecule has 0 aromatic heterocycles. The molecule has 0 radical (unpaired) electrons. The lowest BCUT2D eigenvalue weighted by Crippen LogP contribution is -2.21. The van der Waals surface area contributed by atoms with Crippen molar-refractivity contribution in [2.75, 3.05) is 0 Å². The van der Waals surface area contributed by atoms with E-state index in [0.29, 0.717) is 33.5 Å². The van der Waals surface area contributed by atoms with Crippen LogP contribution in [0.5, 0.6) is 0 Å². The molecule has 0 saturated heterocycles. The van der Waals surface area contributed by atoms with Gasteiger partial charge in [-0.1, -0.05) is 30.3 Å². The van der Waals surface area contributed by atoms with Gasteiger partial charge in [0.25, 0.3) is 0 Å². The first kappa shape index (κ1) is 17.3. The average molecular weight is 322 g/mol. The number of ketones is 2. The minimum atomic E-state index is -0.539. The molecule has 0 saturated carbocycles. The quantitative estimate of drug-likeness (QED) is 0.513. The van der Waals surface area contributed by atoms with E-state index in [-0.39, 0.29) is 18.0 Å². The van der Waals surface area contributed by atoms with Crippen LogP contribution in [0.2, 0.25) is 0 Å². The van der Waals surface area contributed by atoms with Gasteiger partial charge < -0.3 is 5.73 Å². The van der Waals surface area contributed by atoms with Crippen molar-refractivity contribution in [3.05, 3.63) is 70.0 Å². The number of hydrogen-bond donors (Lipinski definition) is 1. The third-order valence-corrected chi connectivity index (χ3v) is 3.96. The van der Waals surface area contributed by atoms with Crippen LogP contribution in [-0.2, 0) is 4.79 Å². The van der Waals surface area contributed by atoms with Gasteiger partial charge in [-0.3, -0.25) is 19.4 Å². The summed E-state index contributed by atoms with van der Waals surface area (Å²) in [5, 5.41) is 0. The molecule has 0 aliphatic heterocycles. The predicted octanol–water partition coefficient (Wildman–Crippen LogP) is 2.79. The van der Waals surface area contributed by atoms with Gasteiger partial charge >= 0.3 is 0 Å². The topological polar surface area (TPSA) is 89.6 Å². The van der Waals surface area contributed by atoms with Crippen LogP contribution < -0.4 is 5.73 Å². The maximum absolute atomic E-state index is 12.7. The number of benzene rings is 1. The van der Waals surface area contributed by atoms with Crippen LogP contribution in [-0.4, -0.2) is 24.2 Å². The Morgan fingerprint density at radius 3 is 2.29 bits per heavy atom. The average Bonchev–Trinajstić information content (AvgIpc) is 2.58. The molecule has 122 valence electrons. The molecule has 1 amide bonds. The summed E-state index contributed by atoms with van der Waals surface area (Å²) in [5.41, 5.74) is 7.63. The Morgan fingerprint density at radius 1 is 1.17 bits per heavy atom. The van der Waals surface area contributed by atoms with Crippen LogP contribution >= 0.6 is 0 Å². The zero-order chi connectivity index (χ0) is 17.9. The molecule has 5 heteroatoms. The summed E-state index contributed by atoms with van der Waals surface area (Å²) in [6.07, 6.45) is 3.26. The number of fused-ring (bicyclic) bond motifs is 1. The fourth-order valence-electron chi connectivity index (χ4n) is 2.42. The number of hydrogen-bond acceptors (Lipinski definition) is 4. The highest BCUT2D eigenvalue weighted by molar-refractivity contribution is 6.26. The minimum Gasteiger partial charge on any atom is -0.366 e. The number of nitrogens with zero attached hydrogens (tertiary/aromatic N) is 1. The van der Waals surface area contributed by atoms with Crippen LogP contribution in [0.15, 0.2) is 63.8 Å². The zero-order valence-electron chi connectivity index (χ0n) is 13.6. The van der Waals surface area contributed by atoms with Crippen molar-refractivity contribution >= 4 is 24.2 Å². The Bertz CT molecular complexity index is 842. The number of Topliss-reactive ketones (excluding diaryl/α,β-unsaturated/α-hetero) is 2. The van der Waals surface area contributed by atoms with Crippen molar-refractivity contribution in [1.82, 2.24) is 0 Å². The van der Waals surface area contributed by atoms with Crippen molar-refractivity contribution in [3.8, 4) is 0 Å². The van der Waals surface area contributed by atoms with Gasteiger partial charge in [-0.25, -0.2) is 0 Å². The molecule has 0 bridgehead atoms. The summed E-state index contributed by atoms with van der Waals surface area (Å²) in [6, 6.07) is 6.75. The number of nitrogens with two attached hydrogens (primary N) is 1. The van der Waals surface area contributed by atoms with E-state index in [2.05, 4.69) is 11.7 Å². The molecule has 0 unspecified atom stereocenters. The maximum Gasteiger partial charge on any atom is 0.244 e. The largest absolute Gasteiger partial charge is 0.366 e. The van der Waals surface area contributed by atoms with Crippen molar-refractivity contribution < 1.29 is 14.4 Å². The molecule has 2 N–H and O–H groups in total. The third kappa shape index (κ3) is 3.30. The van der Waals surface area contributed by atoms with Crippen LogP contribution in [0.25, 0.3) is 0 Å². The lowest BCUT2D eigenvalue weighted by molar-refractivity contribution is -0.114. The Kier molecular flexibility index (Phi) is 5.04. The standard InChI is InChI=1S/C19H18N2O3/c1-11(19(20)24)8-9-13(21-3)10-16-12(2)17(22)14-6-4-5-7-15(14)18(16)23/h4-9H,3,10H2,1-2H3,(H2,20,24)/b11-8+,13-9-. The lowest BCUT2D eigenvalue weighted by atomic mass is 9.83. The van der Waals surface area contributed by atoms with E-state index < -0.39 is 5.91 Å². The van der Waals surface area contributed by atoms with E-state index in [4.69, 9.17) is 5.73 Å². The fraction of sp³-hybridized carbons (Fsp3) is 0.158. The van der Waals surface area contributed by atoms with Gasteiger partial charge in [0.1, 0.15) is 0 Å². The molecule has 0 fully saturated rings. The summed E-state index contributed by atoms with van der Waals surface area (Å²) in [5.74, 6) is -0.886. The highest BCUT2D eigenvalue weighted by Crippen LogP contribution is 2.29. The van der Waals surface area contributed by atoms with Crippen molar-refractivity contribution in [1.29, 1.82) is 0 Å². The second-order valence-electron chi connectivity index (χ2n) is 5.51. The second kappa shape index (κ2) is 7.00. The van der Waals surface area contributed by atoms with Gasteiger partial charge in [-0.15, -0.1) is 0 Å². The number of primary amides is 1. The fourth-order valence-corrected chi connectivity index (χ4v) is 2.42. The van der Waals surface area contributed by atoms with Crippen molar-refractivity contribution in [2.45, 2.75) is 20.3 Å². The molecule has 1 aliphatic rings. The Balaban J connectivity index is 2.40. The van der Waals surface area contributed by atoms with Crippen LogP contribution in [0, 0.1) is 0 Å². The number of carbonyl (C=O) groups is 3. The smallest absolute Gasteiger partial charge is 0.244 e. The van der Waals surface area contributed by atoms with E-state index >= 15 is 0 Å². The number of rotatable bonds is 5. The Hall–Kier alpha value is -3.08. The lowest BCUT2D eigenvalue weighted by Gasteiger charge is -2.19. The summed E-state index contributed by atoms with van der Waals surface area (Å²) < 4.78 is 0. The van der Waals surface area contributed by atoms with Crippen LogP contribution in [0.1, 0.15) is 41.0 Å². The molecule has 1 aromatic carbocycles. The Morgan fingerprint density at radius 2 is 1.75 bits per heavy atom. The predicted molar refractivity (Wildman–Crippen MR) is 93.0 cm³/mol. The first-order valence-corrected chi connectivity index (χ1v) is 7.39. The van der Waals surface area contributed by atoms with Crippen LogP contribution in [0.4, 0.5) is 0 Å². The monoisotopic (exact) mass is 322 g/mol. The number of carbonyl (C=O) groups excluding carboxylic acids is 3. The summed E-state index contributed by atoms with van der Waals surface area (Å²) in [7, 11) is 0. The number of allylic oxidation sites excluding steroid dienone is 4. The minimum absolute atomic E-state index is 0.160. The maximum atomic E-state index is 12.7. The molecular weight excluding hydrogens is 304 g/mol. The molecule has 5 nitrogen and oxygen atoms in total. The van der Waals surface area contributed by atoms with E-state index in [9.17, 15) is 14.4 Å². The van der Waals surface area contributed by atoms with Gasteiger partial charge in [0, 0.05) is 40.0 Å². The first-order valence-electron chi connectivity index (χ1n) is 7.39. The highest BCUT2D eigenvalue weighted by Gasteiger charge is 2.29. The van der Waals surface area contributed by atoms with Gasteiger partial charge in [-0.2, -0.15) is 0 Å². The van der Waals surface area contributed by atoms with E-state index in [1.165, 1.54) is 6.08 Å². The number of amides is 1. The second-order valence-corrected chi connectivity index (χ2v) is 5.51. The van der Waals surface area contributed by atoms with E-state index in [0.717, 1.165) is 0 Å².